The first-order valence-corrected chi connectivity index (χ1v) is 8.94. The molecule has 1 aliphatic heterocycles. The molecule has 5 heteroatoms. The van der Waals surface area contributed by atoms with E-state index in [9.17, 15) is 9.59 Å². The van der Waals surface area contributed by atoms with Gasteiger partial charge in [-0.2, -0.15) is 0 Å². The van der Waals surface area contributed by atoms with E-state index < -0.39 is 5.54 Å². The van der Waals surface area contributed by atoms with Crippen molar-refractivity contribution >= 4 is 11.9 Å². The topological polar surface area (TPSA) is 58.6 Å². The van der Waals surface area contributed by atoms with Crippen LogP contribution in [0, 0.1) is 6.92 Å². The quantitative estimate of drug-likeness (QED) is 0.861. The van der Waals surface area contributed by atoms with Crippen molar-refractivity contribution < 1.29 is 14.3 Å². The molecule has 0 bridgehead atoms. The standard InChI is InChI=1S/C19H26N2O3/c1-15-7-9-16(10-8-15)24-14-13-21-17(22)19(20-18(21)23)11-5-3-2-4-6-12-19/h7-10H,2-6,11-14H2,1H3,(H,20,23). The van der Waals surface area contributed by atoms with Gasteiger partial charge in [0, 0.05) is 0 Å². The number of amides is 3. The van der Waals surface area contributed by atoms with E-state index in [-0.39, 0.29) is 11.9 Å². The number of hydrogen-bond donors (Lipinski definition) is 1. The number of nitrogens with one attached hydrogen (secondary N) is 1. The van der Waals surface area contributed by atoms with E-state index in [1.165, 1.54) is 16.9 Å². The minimum absolute atomic E-state index is 0.0677. The molecule has 1 saturated carbocycles. The Morgan fingerprint density at radius 2 is 1.67 bits per heavy atom. The van der Waals surface area contributed by atoms with E-state index in [0.29, 0.717) is 13.2 Å². The Labute approximate surface area is 143 Å². The number of benzene rings is 1. The average molecular weight is 330 g/mol. The third kappa shape index (κ3) is 3.55. The Hall–Kier alpha value is -2.04. The van der Waals surface area contributed by atoms with Crippen LogP contribution >= 0.6 is 0 Å². The van der Waals surface area contributed by atoms with Crippen LogP contribution in [-0.4, -0.2) is 35.5 Å². The van der Waals surface area contributed by atoms with Crippen LogP contribution in [0.4, 0.5) is 4.79 Å². The molecule has 1 aliphatic carbocycles. The molecule has 1 heterocycles. The van der Waals surface area contributed by atoms with Crippen LogP contribution in [0.1, 0.15) is 50.5 Å². The highest BCUT2D eigenvalue weighted by Gasteiger charge is 2.50. The number of imide groups is 1. The van der Waals surface area contributed by atoms with Gasteiger partial charge in [-0.05, 0) is 31.9 Å². The number of ether oxygens (including phenoxy) is 1. The van der Waals surface area contributed by atoms with Gasteiger partial charge in [-0.3, -0.25) is 9.69 Å². The Morgan fingerprint density at radius 1 is 1.04 bits per heavy atom. The molecule has 3 amide bonds. The van der Waals surface area contributed by atoms with Crippen LogP contribution in [0.2, 0.25) is 0 Å². The number of aryl methyl sites for hydroxylation is 1. The van der Waals surface area contributed by atoms with Crippen molar-refractivity contribution in [2.24, 2.45) is 0 Å². The average Bonchev–Trinajstić information content (AvgIpc) is 2.78. The van der Waals surface area contributed by atoms with Crippen LogP contribution in [0.15, 0.2) is 24.3 Å². The van der Waals surface area contributed by atoms with Crippen LogP contribution in [0.25, 0.3) is 0 Å². The van der Waals surface area contributed by atoms with E-state index in [0.717, 1.165) is 44.3 Å². The minimum atomic E-state index is -0.665. The van der Waals surface area contributed by atoms with Crippen molar-refractivity contribution in [2.45, 2.75) is 57.4 Å². The number of urea groups is 1. The third-order valence-electron chi connectivity index (χ3n) is 5.06. The molecule has 2 fully saturated rings. The largest absolute Gasteiger partial charge is 0.492 e. The Morgan fingerprint density at radius 3 is 2.33 bits per heavy atom. The van der Waals surface area contributed by atoms with Gasteiger partial charge in [-0.1, -0.05) is 49.8 Å². The Kier molecular flexibility index (Phi) is 5.07. The fraction of sp³-hybridized carbons (Fsp3) is 0.579. The monoisotopic (exact) mass is 330 g/mol. The fourth-order valence-corrected chi connectivity index (χ4v) is 3.62. The van der Waals surface area contributed by atoms with Crippen LogP contribution in [0.5, 0.6) is 5.75 Å². The summed E-state index contributed by atoms with van der Waals surface area (Å²) in [7, 11) is 0. The van der Waals surface area contributed by atoms with Gasteiger partial charge in [0.15, 0.2) is 0 Å². The normalized spacial score (nSPS) is 20.6. The maximum atomic E-state index is 12.8. The highest BCUT2D eigenvalue weighted by molar-refractivity contribution is 6.07. The second-order valence-electron chi connectivity index (χ2n) is 6.90. The molecule has 1 spiro atoms. The summed E-state index contributed by atoms with van der Waals surface area (Å²) in [6, 6.07) is 7.49. The van der Waals surface area contributed by atoms with Gasteiger partial charge in [0.1, 0.15) is 17.9 Å². The van der Waals surface area contributed by atoms with Crippen molar-refractivity contribution in [1.82, 2.24) is 10.2 Å². The zero-order chi connectivity index (χ0) is 17.0. The van der Waals surface area contributed by atoms with Gasteiger partial charge in [0.25, 0.3) is 5.91 Å². The molecular weight excluding hydrogens is 304 g/mol. The molecule has 0 atom stereocenters. The van der Waals surface area contributed by atoms with Crippen LogP contribution in [0.3, 0.4) is 0 Å². The maximum absolute atomic E-state index is 12.8. The zero-order valence-corrected chi connectivity index (χ0v) is 14.3. The summed E-state index contributed by atoms with van der Waals surface area (Å²) >= 11 is 0. The molecule has 0 radical (unpaired) electrons. The summed E-state index contributed by atoms with van der Waals surface area (Å²) in [6.07, 6.45) is 7.02. The van der Waals surface area contributed by atoms with Crippen molar-refractivity contribution in [3.05, 3.63) is 29.8 Å². The molecule has 1 aromatic carbocycles. The molecule has 1 aromatic rings. The maximum Gasteiger partial charge on any atom is 0.325 e. The van der Waals surface area contributed by atoms with Gasteiger partial charge in [-0.15, -0.1) is 0 Å². The zero-order valence-electron chi connectivity index (χ0n) is 14.3. The lowest BCUT2D eigenvalue weighted by Gasteiger charge is -2.28. The summed E-state index contributed by atoms with van der Waals surface area (Å²) in [6.45, 7) is 2.63. The van der Waals surface area contributed by atoms with Crippen molar-refractivity contribution in [2.75, 3.05) is 13.2 Å². The van der Waals surface area contributed by atoms with Gasteiger partial charge in [0.2, 0.25) is 0 Å². The lowest BCUT2D eigenvalue weighted by molar-refractivity contribution is -0.132. The molecule has 5 nitrogen and oxygen atoms in total. The molecule has 130 valence electrons. The molecule has 1 saturated heterocycles. The number of carbonyl (C=O) groups is 2. The predicted molar refractivity (Wildman–Crippen MR) is 92.0 cm³/mol. The molecular formula is C19H26N2O3. The van der Waals surface area contributed by atoms with Gasteiger partial charge in [0.05, 0.1) is 6.54 Å². The summed E-state index contributed by atoms with van der Waals surface area (Å²) in [4.78, 5) is 26.4. The van der Waals surface area contributed by atoms with Crippen LogP contribution < -0.4 is 10.1 Å². The van der Waals surface area contributed by atoms with E-state index in [4.69, 9.17) is 4.74 Å². The first kappa shape index (κ1) is 16.8. The first-order valence-electron chi connectivity index (χ1n) is 8.94. The summed E-state index contributed by atoms with van der Waals surface area (Å²) in [5, 5.41) is 2.97. The second kappa shape index (κ2) is 7.24. The molecule has 3 rings (SSSR count). The number of hydrogen-bond acceptors (Lipinski definition) is 3. The van der Waals surface area contributed by atoms with E-state index in [1.807, 2.05) is 31.2 Å². The highest BCUT2D eigenvalue weighted by Crippen LogP contribution is 2.31. The van der Waals surface area contributed by atoms with Crippen molar-refractivity contribution in [3.63, 3.8) is 0 Å². The molecule has 1 N–H and O–H groups in total. The third-order valence-corrected chi connectivity index (χ3v) is 5.06. The number of nitrogens with zero attached hydrogens (tertiary/aromatic N) is 1. The van der Waals surface area contributed by atoms with Gasteiger partial charge >= 0.3 is 6.03 Å². The summed E-state index contributed by atoms with van der Waals surface area (Å²) < 4.78 is 5.67. The second-order valence-corrected chi connectivity index (χ2v) is 6.90. The van der Waals surface area contributed by atoms with Crippen LogP contribution in [-0.2, 0) is 4.79 Å². The predicted octanol–water partition coefficient (Wildman–Crippen LogP) is 3.41. The first-order chi connectivity index (χ1) is 11.6. The summed E-state index contributed by atoms with van der Waals surface area (Å²) in [5.41, 5.74) is 0.504. The van der Waals surface area contributed by atoms with E-state index in [2.05, 4.69) is 5.32 Å². The molecule has 24 heavy (non-hydrogen) atoms. The summed E-state index contributed by atoms with van der Waals surface area (Å²) in [5.74, 6) is 0.690. The van der Waals surface area contributed by atoms with Crippen molar-refractivity contribution in [3.8, 4) is 5.75 Å². The fourth-order valence-electron chi connectivity index (χ4n) is 3.62. The van der Waals surface area contributed by atoms with E-state index in [1.54, 1.807) is 0 Å². The highest BCUT2D eigenvalue weighted by atomic mass is 16.5. The number of rotatable bonds is 4. The Balaban J connectivity index is 1.58. The molecule has 0 aromatic heterocycles. The minimum Gasteiger partial charge on any atom is -0.492 e. The Bertz CT molecular complexity index is 589. The SMILES string of the molecule is Cc1ccc(OCCN2C(=O)NC3(CCCCCCC3)C2=O)cc1. The number of carbonyl (C=O) groups excluding carboxylic acids is 2. The molecule has 2 aliphatic rings. The molecule has 0 unspecified atom stereocenters. The van der Waals surface area contributed by atoms with Gasteiger partial charge < -0.3 is 10.1 Å². The van der Waals surface area contributed by atoms with Crippen molar-refractivity contribution in [1.29, 1.82) is 0 Å². The lowest BCUT2D eigenvalue weighted by Crippen LogP contribution is -2.47. The smallest absolute Gasteiger partial charge is 0.325 e. The van der Waals surface area contributed by atoms with E-state index >= 15 is 0 Å². The lowest BCUT2D eigenvalue weighted by atomic mass is 9.84. The van der Waals surface area contributed by atoms with Gasteiger partial charge in [-0.25, -0.2) is 4.79 Å².